The fraction of sp³-hybridized carbons (Fsp3) is 0.381. The lowest BCUT2D eigenvalue weighted by Gasteiger charge is -2.37. The second kappa shape index (κ2) is 9.30. The van der Waals surface area contributed by atoms with Gasteiger partial charge in [-0.15, -0.1) is 0 Å². The molecule has 0 bridgehead atoms. The average Bonchev–Trinajstić information content (AvgIpc) is 2.71. The number of piperidine rings is 1. The van der Waals surface area contributed by atoms with Crippen LogP contribution in [0.1, 0.15) is 24.4 Å². The monoisotopic (exact) mass is 444 g/mol. The van der Waals surface area contributed by atoms with Crippen LogP contribution in [0.5, 0.6) is 0 Å². The van der Waals surface area contributed by atoms with Crippen LogP contribution in [-0.2, 0) is 9.59 Å². The number of aromatic nitrogens is 1. The Balaban J connectivity index is 1.64. The molecule has 1 N–H and O–H groups in total. The molecular formula is C21H25BrN4O2. The number of halogens is 1. The van der Waals surface area contributed by atoms with E-state index in [0.29, 0.717) is 31.7 Å². The average molecular weight is 445 g/mol. The Kier molecular flexibility index (Phi) is 6.80. The number of rotatable bonds is 5. The van der Waals surface area contributed by atoms with Gasteiger partial charge < -0.3 is 10.2 Å². The number of hydrogen-bond donors (Lipinski definition) is 1. The molecule has 1 aliphatic heterocycles. The summed E-state index contributed by atoms with van der Waals surface area (Å²) in [5, 5.41) is 2.89. The van der Waals surface area contributed by atoms with E-state index in [9.17, 15) is 9.59 Å². The van der Waals surface area contributed by atoms with E-state index in [0.717, 1.165) is 10.0 Å². The molecule has 1 aromatic carbocycles. The molecule has 0 aliphatic carbocycles. The minimum atomic E-state index is -0.312. The summed E-state index contributed by atoms with van der Waals surface area (Å²) < 4.78 is 0.872. The number of likely N-dealkylation sites (tertiary alicyclic amines) is 1. The summed E-state index contributed by atoms with van der Waals surface area (Å²) in [4.78, 5) is 33.4. The Morgan fingerprint density at radius 3 is 2.39 bits per heavy atom. The van der Waals surface area contributed by atoms with Gasteiger partial charge >= 0.3 is 0 Å². The van der Waals surface area contributed by atoms with Crippen molar-refractivity contribution in [1.29, 1.82) is 0 Å². The molecule has 7 heteroatoms. The Morgan fingerprint density at radius 2 is 1.82 bits per heavy atom. The van der Waals surface area contributed by atoms with Crippen LogP contribution in [0.4, 0.5) is 5.82 Å². The zero-order chi connectivity index (χ0) is 20.1. The minimum Gasteiger partial charge on any atom is -0.347 e. The van der Waals surface area contributed by atoms with Crippen LogP contribution in [0.25, 0.3) is 0 Å². The van der Waals surface area contributed by atoms with E-state index < -0.39 is 0 Å². The third-order valence-electron chi connectivity index (χ3n) is 5.03. The number of likely N-dealkylation sites (N-methyl/N-ethyl adjacent to an activating group) is 1. The van der Waals surface area contributed by atoms with Crippen molar-refractivity contribution in [2.45, 2.75) is 18.9 Å². The van der Waals surface area contributed by atoms with Gasteiger partial charge in [-0.1, -0.05) is 30.3 Å². The van der Waals surface area contributed by atoms with Gasteiger partial charge in [0, 0.05) is 30.7 Å². The molecule has 1 aromatic heterocycles. The van der Waals surface area contributed by atoms with Gasteiger partial charge in [0.2, 0.25) is 11.8 Å². The van der Waals surface area contributed by atoms with Crippen molar-refractivity contribution in [2.75, 3.05) is 32.5 Å². The van der Waals surface area contributed by atoms with Gasteiger partial charge in [0.15, 0.2) is 0 Å². The topological polar surface area (TPSA) is 65.5 Å². The number of carbonyl (C=O) groups is 2. The number of nitrogens with one attached hydrogen (secondary N) is 1. The van der Waals surface area contributed by atoms with Crippen molar-refractivity contribution in [2.24, 2.45) is 5.92 Å². The molecule has 1 aliphatic rings. The summed E-state index contributed by atoms with van der Waals surface area (Å²) in [6.45, 7) is 1.40. The van der Waals surface area contributed by atoms with Crippen molar-refractivity contribution >= 4 is 33.6 Å². The fourth-order valence-corrected chi connectivity index (χ4v) is 3.72. The molecule has 1 fully saturated rings. The molecule has 1 saturated heterocycles. The van der Waals surface area contributed by atoms with Crippen LogP contribution in [0.3, 0.4) is 0 Å². The predicted molar refractivity (Wildman–Crippen MR) is 113 cm³/mol. The van der Waals surface area contributed by atoms with E-state index in [1.165, 1.54) is 0 Å². The van der Waals surface area contributed by atoms with Crippen LogP contribution < -0.4 is 5.32 Å². The fourth-order valence-electron chi connectivity index (χ4n) is 3.49. The Morgan fingerprint density at radius 1 is 1.14 bits per heavy atom. The van der Waals surface area contributed by atoms with Crippen LogP contribution in [-0.4, -0.2) is 53.8 Å². The first-order valence-corrected chi connectivity index (χ1v) is 10.2. The molecule has 0 radical (unpaired) electrons. The first-order valence-electron chi connectivity index (χ1n) is 9.38. The number of amides is 2. The molecular weight excluding hydrogens is 420 g/mol. The van der Waals surface area contributed by atoms with Crippen molar-refractivity contribution in [1.82, 2.24) is 14.8 Å². The van der Waals surface area contributed by atoms with Gasteiger partial charge in [-0.25, -0.2) is 4.98 Å². The standard InChI is InChI=1S/C21H25BrN4O2/c1-25(2)21(28)19(15-6-4-3-5-7-15)26-12-10-16(11-13-26)20(27)24-18-9-8-17(22)14-23-18/h3-9,14,16,19H,10-13H2,1-2H3,(H,23,24,27). The SMILES string of the molecule is CN(C)C(=O)C(c1ccccc1)N1CCC(C(=O)Nc2ccc(Br)cn2)CC1. The lowest BCUT2D eigenvalue weighted by atomic mass is 9.93. The van der Waals surface area contributed by atoms with E-state index >= 15 is 0 Å². The summed E-state index contributed by atoms with van der Waals surface area (Å²) in [6.07, 6.45) is 3.09. The first-order chi connectivity index (χ1) is 13.5. The van der Waals surface area contributed by atoms with Gasteiger partial charge in [-0.05, 0) is 59.6 Å². The molecule has 3 rings (SSSR count). The lowest BCUT2D eigenvalue weighted by molar-refractivity contribution is -0.135. The number of pyridine rings is 1. The number of hydrogen-bond acceptors (Lipinski definition) is 4. The summed E-state index contributed by atoms with van der Waals surface area (Å²) in [5.41, 5.74) is 0.989. The van der Waals surface area contributed by atoms with E-state index in [1.807, 2.05) is 36.4 Å². The van der Waals surface area contributed by atoms with E-state index in [4.69, 9.17) is 0 Å². The summed E-state index contributed by atoms with van der Waals surface area (Å²) in [5.74, 6) is 0.533. The lowest BCUT2D eigenvalue weighted by Crippen LogP contribution is -2.45. The van der Waals surface area contributed by atoms with Crippen LogP contribution >= 0.6 is 15.9 Å². The molecule has 148 valence electrons. The summed E-state index contributed by atoms with van der Waals surface area (Å²) in [7, 11) is 3.56. The molecule has 0 spiro atoms. The maximum Gasteiger partial charge on any atom is 0.244 e. The third-order valence-corrected chi connectivity index (χ3v) is 5.50. The summed E-state index contributed by atoms with van der Waals surface area (Å²) >= 11 is 3.34. The van der Waals surface area contributed by atoms with E-state index in [2.05, 4.69) is 31.1 Å². The van der Waals surface area contributed by atoms with Crippen LogP contribution in [0.2, 0.25) is 0 Å². The van der Waals surface area contributed by atoms with Crippen molar-refractivity contribution in [3.8, 4) is 0 Å². The van der Waals surface area contributed by atoms with Crippen molar-refractivity contribution in [3.05, 3.63) is 58.7 Å². The highest BCUT2D eigenvalue weighted by Gasteiger charge is 2.33. The molecule has 2 aromatic rings. The molecule has 2 heterocycles. The predicted octanol–water partition coefficient (Wildman–Crippen LogP) is 3.32. The van der Waals surface area contributed by atoms with Gasteiger partial charge in [0.1, 0.15) is 11.9 Å². The Bertz CT molecular complexity index is 803. The Hall–Kier alpha value is -2.25. The molecule has 1 unspecified atom stereocenters. The van der Waals surface area contributed by atoms with Crippen molar-refractivity contribution < 1.29 is 9.59 Å². The molecule has 28 heavy (non-hydrogen) atoms. The molecule has 1 atom stereocenters. The summed E-state index contributed by atoms with van der Waals surface area (Å²) in [6, 6.07) is 13.2. The maximum absolute atomic E-state index is 12.8. The van der Waals surface area contributed by atoms with Crippen LogP contribution in [0.15, 0.2) is 53.1 Å². The number of nitrogens with zero attached hydrogens (tertiary/aromatic N) is 3. The normalized spacial score (nSPS) is 16.4. The van der Waals surface area contributed by atoms with Gasteiger partial charge in [-0.3, -0.25) is 14.5 Å². The molecule has 0 saturated carbocycles. The zero-order valence-corrected chi connectivity index (χ0v) is 17.7. The van der Waals surface area contributed by atoms with E-state index in [-0.39, 0.29) is 23.8 Å². The van der Waals surface area contributed by atoms with Gasteiger partial charge in [-0.2, -0.15) is 0 Å². The molecule has 6 nitrogen and oxygen atoms in total. The van der Waals surface area contributed by atoms with Gasteiger partial charge in [0.25, 0.3) is 0 Å². The third kappa shape index (κ3) is 4.97. The maximum atomic E-state index is 12.8. The Labute approximate surface area is 174 Å². The second-order valence-corrected chi connectivity index (χ2v) is 8.12. The molecule has 2 amide bonds. The highest BCUT2D eigenvalue weighted by Crippen LogP contribution is 2.29. The zero-order valence-electron chi connectivity index (χ0n) is 16.1. The highest BCUT2D eigenvalue weighted by atomic mass is 79.9. The van der Waals surface area contributed by atoms with Gasteiger partial charge in [0.05, 0.1) is 0 Å². The van der Waals surface area contributed by atoms with E-state index in [1.54, 1.807) is 31.3 Å². The number of benzene rings is 1. The van der Waals surface area contributed by atoms with Crippen molar-refractivity contribution in [3.63, 3.8) is 0 Å². The van der Waals surface area contributed by atoms with Crippen LogP contribution in [0, 0.1) is 5.92 Å². The smallest absolute Gasteiger partial charge is 0.244 e. The number of anilines is 1. The first kappa shape index (κ1) is 20.5. The largest absolute Gasteiger partial charge is 0.347 e. The quantitative estimate of drug-likeness (QED) is 0.767. The second-order valence-electron chi connectivity index (χ2n) is 7.21. The number of carbonyl (C=O) groups excluding carboxylic acids is 2. The minimum absolute atomic E-state index is 0.00957. The highest BCUT2D eigenvalue weighted by molar-refractivity contribution is 9.10.